The van der Waals surface area contributed by atoms with Gasteiger partial charge in [0, 0.05) is 17.1 Å². The van der Waals surface area contributed by atoms with Crippen LogP contribution in [0, 0.1) is 11.6 Å². The van der Waals surface area contributed by atoms with E-state index in [1.807, 2.05) is 54.6 Å². The van der Waals surface area contributed by atoms with E-state index in [2.05, 4.69) is 5.32 Å². The Labute approximate surface area is 186 Å². The third-order valence-corrected chi connectivity index (χ3v) is 5.94. The van der Waals surface area contributed by atoms with Gasteiger partial charge in [-0.2, -0.15) is 0 Å². The lowest BCUT2D eigenvalue weighted by Crippen LogP contribution is -2.54. The van der Waals surface area contributed by atoms with E-state index in [-0.39, 0.29) is 12.2 Å². The van der Waals surface area contributed by atoms with E-state index in [9.17, 15) is 8.78 Å². The highest BCUT2D eigenvalue weighted by atomic mass is 35.5. The van der Waals surface area contributed by atoms with Crippen molar-refractivity contribution in [1.82, 2.24) is 5.32 Å². The number of hydrogen-bond acceptors (Lipinski definition) is 3. The van der Waals surface area contributed by atoms with Crippen LogP contribution in [0.1, 0.15) is 23.1 Å². The predicted octanol–water partition coefficient (Wildman–Crippen LogP) is 5.61. The van der Waals surface area contributed by atoms with E-state index < -0.39 is 23.3 Å². The van der Waals surface area contributed by atoms with Gasteiger partial charge in [0.05, 0.1) is 13.2 Å². The molecule has 162 valence electrons. The second-order valence-corrected chi connectivity index (χ2v) is 8.06. The molecule has 0 aromatic heterocycles. The zero-order valence-electron chi connectivity index (χ0n) is 17.0. The molecule has 1 aliphatic rings. The maximum Gasteiger partial charge on any atom is 0.131 e. The van der Waals surface area contributed by atoms with Crippen LogP contribution in [0.3, 0.4) is 0 Å². The average molecular weight is 444 g/mol. The third kappa shape index (κ3) is 4.96. The van der Waals surface area contributed by atoms with Crippen LogP contribution in [0.4, 0.5) is 8.78 Å². The SMILES string of the molecule is Fc1cccc(F)c1COC1CNCCC1(OCc1ccccc1)c1ccc(Cl)cc1. The summed E-state index contributed by atoms with van der Waals surface area (Å²) in [5, 5.41) is 3.94. The van der Waals surface area contributed by atoms with E-state index in [1.165, 1.54) is 18.2 Å². The highest BCUT2D eigenvalue weighted by molar-refractivity contribution is 6.30. The summed E-state index contributed by atoms with van der Waals surface area (Å²) in [5.41, 5.74) is 1.09. The Hall–Kier alpha value is -2.31. The van der Waals surface area contributed by atoms with Crippen molar-refractivity contribution in [3.63, 3.8) is 0 Å². The van der Waals surface area contributed by atoms with Crippen molar-refractivity contribution in [1.29, 1.82) is 0 Å². The molecule has 0 saturated carbocycles. The smallest absolute Gasteiger partial charge is 0.131 e. The average Bonchev–Trinajstić information content (AvgIpc) is 2.79. The molecular formula is C25H24ClF2NO2. The van der Waals surface area contributed by atoms with Gasteiger partial charge in [-0.15, -0.1) is 0 Å². The van der Waals surface area contributed by atoms with Crippen molar-refractivity contribution in [2.75, 3.05) is 13.1 Å². The van der Waals surface area contributed by atoms with Crippen LogP contribution in [-0.4, -0.2) is 19.2 Å². The molecule has 0 radical (unpaired) electrons. The summed E-state index contributed by atoms with van der Waals surface area (Å²) in [4.78, 5) is 0. The monoisotopic (exact) mass is 443 g/mol. The van der Waals surface area contributed by atoms with Crippen LogP contribution in [0.5, 0.6) is 0 Å². The van der Waals surface area contributed by atoms with Crippen molar-refractivity contribution in [2.24, 2.45) is 0 Å². The molecule has 1 N–H and O–H groups in total. The van der Waals surface area contributed by atoms with E-state index in [0.717, 1.165) is 17.7 Å². The molecule has 2 atom stereocenters. The van der Waals surface area contributed by atoms with Crippen molar-refractivity contribution in [3.05, 3.63) is 106 Å². The number of rotatable bonds is 7. The molecule has 3 nitrogen and oxygen atoms in total. The quantitative estimate of drug-likeness (QED) is 0.515. The molecule has 1 aliphatic heterocycles. The largest absolute Gasteiger partial charge is 0.369 e. The second-order valence-electron chi connectivity index (χ2n) is 7.62. The lowest BCUT2D eigenvalue weighted by atomic mass is 9.82. The molecule has 0 amide bonds. The minimum absolute atomic E-state index is 0.0823. The zero-order chi connectivity index (χ0) is 21.7. The fraction of sp³-hybridized carbons (Fsp3) is 0.280. The summed E-state index contributed by atoms with van der Waals surface area (Å²) < 4.78 is 41.0. The molecule has 0 bridgehead atoms. The van der Waals surface area contributed by atoms with E-state index in [1.54, 1.807) is 0 Å². The standard InChI is InChI=1S/C25H24ClF2NO2/c26-20-11-9-19(10-12-20)25(31-16-18-5-2-1-3-6-18)13-14-29-15-24(25)30-17-21-22(27)7-4-8-23(21)28/h1-12,24,29H,13-17H2. The van der Waals surface area contributed by atoms with Crippen molar-refractivity contribution < 1.29 is 18.3 Å². The topological polar surface area (TPSA) is 30.5 Å². The highest BCUT2D eigenvalue weighted by Crippen LogP contribution is 2.38. The second kappa shape index (κ2) is 9.88. The molecular weight excluding hydrogens is 420 g/mol. The Morgan fingerprint density at radius 1 is 0.903 bits per heavy atom. The molecule has 0 aliphatic carbocycles. The van der Waals surface area contributed by atoms with Crippen LogP contribution in [0.15, 0.2) is 72.8 Å². The number of piperidine rings is 1. The Morgan fingerprint density at radius 2 is 1.61 bits per heavy atom. The van der Waals surface area contributed by atoms with Crippen molar-refractivity contribution >= 4 is 11.6 Å². The normalized spacial score (nSPS) is 21.2. The van der Waals surface area contributed by atoms with Crippen LogP contribution < -0.4 is 5.32 Å². The molecule has 2 unspecified atom stereocenters. The van der Waals surface area contributed by atoms with Gasteiger partial charge in [-0.1, -0.05) is 60.1 Å². The number of benzene rings is 3. The highest BCUT2D eigenvalue weighted by Gasteiger charge is 2.44. The van der Waals surface area contributed by atoms with Gasteiger partial charge in [0.1, 0.15) is 23.3 Å². The minimum Gasteiger partial charge on any atom is -0.369 e. The molecule has 3 aromatic carbocycles. The van der Waals surface area contributed by atoms with Crippen LogP contribution >= 0.6 is 11.6 Å². The Kier molecular flexibility index (Phi) is 6.98. The molecule has 6 heteroatoms. The summed E-state index contributed by atoms with van der Waals surface area (Å²) in [6.45, 7) is 1.42. The summed E-state index contributed by atoms with van der Waals surface area (Å²) in [7, 11) is 0. The first-order chi connectivity index (χ1) is 15.1. The summed E-state index contributed by atoms with van der Waals surface area (Å²) >= 11 is 6.11. The summed E-state index contributed by atoms with van der Waals surface area (Å²) in [6, 6.07) is 21.2. The molecule has 3 aromatic rings. The van der Waals surface area contributed by atoms with Gasteiger partial charge >= 0.3 is 0 Å². The van der Waals surface area contributed by atoms with Crippen molar-refractivity contribution in [3.8, 4) is 0 Å². The van der Waals surface area contributed by atoms with E-state index >= 15 is 0 Å². The van der Waals surface area contributed by atoms with Gasteiger partial charge in [-0.3, -0.25) is 0 Å². The van der Waals surface area contributed by atoms with Crippen LogP contribution in [0.2, 0.25) is 5.02 Å². The van der Waals surface area contributed by atoms with Crippen LogP contribution in [0.25, 0.3) is 0 Å². The fourth-order valence-electron chi connectivity index (χ4n) is 3.98. The Bertz CT molecular complexity index is 980. The number of hydrogen-bond donors (Lipinski definition) is 1. The number of halogens is 3. The van der Waals surface area contributed by atoms with Crippen molar-refractivity contribution in [2.45, 2.75) is 31.3 Å². The Morgan fingerprint density at radius 3 is 2.32 bits per heavy atom. The van der Waals surface area contributed by atoms with Gasteiger partial charge in [0.25, 0.3) is 0 Å². The minimum atomic E-state index is -0.784. The lowest BCUT2D eigenvalue weighted by molar-refractivity contribution is -0.177. The lowest BCUT2D eigenvalue weighted by Gasteiger charge is -2.44. The van der Waals surface area contributed by atoms with Crippen LogP contribution in [-0.2, 0) is 28.3 Å². The predicted molar refractivity (Wildman–Crippen MR) is 117 cm³/mol. The maximum absolute atomic E-state index is 14.2. The van der Waals surface area contributed by atoms with Gasteiger partial charge in [-0.25, -0.2) is 8.78 Å². The molecule has 1 saturated heterocycles. The number of nitrogens with one attached hydrogen (secondary N) is 1. The Balaban J connectivity index is 1.63. The maximum atomic E-state index is 14.2. The number of ether oxygens (including phenoxy) is 2. The van der Waals surface area contributed by atoms with E-state index in [0.29, 0.717) is 24.6 Å². The molecule has 1 heterocycles. The zero-order valence-corrected chi connectivity index (χ0v) is 17.7. The molecule has 1 fully saturated rings. The van der Waals surface area contributed by atoms with Gasteiger partial charge in [0.15, 0.2) is 0 Å². The molecule has 31 heavy (non-hydrogen) atoms. The van der Waals surface area contributed by atoms with Gasteiger partial charge in [-0.05, 0) is 48.4 Å². The molecule has 0 spiro atoms. The summed E-state index contributed by atoms with van der Waals surface area (Å²) in [5.74, 6) is -1.24. The first-order valence-corrected chi connectivity index (χ1v) is 10.7. The first-order valence-electron chi connectivity index (χ1n) is 10.3. The first kappa shape index (κ1) is 21.9. The fourth-order valence-corrected chi connectivity index (χ4v) is 4.10. The third-order valence-electron chi connectivity index (χ3n) is 5.69. The van der Waals surface area contributed by atoms with Gasteiger partial charge < -0.3 is 14.8 Å². The summed E-state index contributed by atoms with van der Waals surface area (Å²) in [6.07, 6.45) is 0.191. The van der Waals surface area contributed by atoms with E-state index in [4.69, 9.17) is 21.1 Å². The molecule has 4 rings (SSSR count). The van der Waals surface area contributed by atoms with Gasteiger partial charge in [0.2, 0.25) is 0 Å².